The fourth-order valence-corrected chi connectivity index (χ4v) is 4.04. The number of rotatable bonds is 11. The second kappa shape index (κ2) is 13.9. The number of benzene rings is 1. The summed E-state index contributed by atoms with van der Waals surface area (Å²) >= 11 is 0. The van der Waals surface area contributed by atoms with Crippen molar-refractivity contribution in [1.29, 1.82) is 0 Å². The molecule has 0 spiro atoms. The van der Waals surface area contributed by atoms with Gasteiger partial charge in [0.1, 0.15) is 5.82 Å². The quantitative estimate of drug-likeness (QED) is 0.444. The lowest BCUT2D eigenvalue weighted by molar-refractivity contribution is 0.190. The van der Waals surface area contributed by atoms with Crippen molar-refractivity contribution in [3.63, 3.8) is 0 Å². The Kier molecular flexibility index (Phi) is 12.0. The van der Waals surface area contributed by atoms with E-state index in [1.54, 1.807) is 44.3 Å². The zero-order valence-corrected chi connectivity index (χ0v) is 19.8. The molecule has 3 N–H and O–H groups in total. The van der Waals surface area contributed by atoms with Gasteiger partial charge in [0.25, 0.3) is 0 Å². The van der Waals surface area contributed by atoms with Crippen molar-refractivity contribution in [1.82, 2.24) is 15.0 Å². The van der Waals surface area contributed by atoms with E-state index in [1.807, 2.05) is 6.92 Å². The highest BCUT2D eigenvalue weighted by Gasteiger charge is 2.20. The van der Waals surface area contributed by atoms with Gasteiger partial charge in [-0.2, -0.15) is 0 Å². The fourth-order valence-electron chi connectivity index (χ4n) is 2.75. The van der Waals surface area contributed by atoms with E-state index in [4.69, 9.17) is 0 Å². The summed E-state index contributed by atoms with van der Waals surface area (Å²) in [6, 6.07) is 7.65. The van der Waals surface area contributed by atoms with Crippen LogP contribution in [0.25, 0.3) is 0 Å². The lowest BCUT2D eigenvalue weighted by Gasteiger charge is -2.20. The van der Waals surface area contributed by atoms with Gasteiger partial charge in [0.15, 0.2) is 0 Å². The van der Waals surface area contributed by atoms with Gasteiger partial charge in [0.05, 0.1) is 17.2 Å². The average Bonchev–Trinajstić information content (AvgIpc) is 2.73. The summed E-state index contributed by atoms with van der Waals surface area (Å²) in [6.07, 6.45) is 4.71. The molecule has 6 nitrogen and oxygen atoms in total. The minimum atomic E-state index is -3.69. The molecule has 0 saturated carbocycles. The number of nitrogens with one attached hydrogen (secondary N) is 2. The molecule has 2 atom stereocenters. The summed E-state index contributed by atoms with van der Waals surface area (Å²) in [5, 5.41) is 12.4. The number of aliphatic hydroxyl groups excluding tert-OH is 1. The topological polar surface area (TPSA) is 91.3 Å². The molecule has 1 aromatic carbocycles. The van der Waals surface area contributed by atoms with Crippen LogP contribution in [0.1, 0.15) is 31.4 Å². The molecular formula is C24H34FN3O3S. The zero-order chi connectivity index (χ0) is 24.1. The highest BCUT2D eigenvalue weighted by molar-refractivity contribution is 7.89. The van der Waals surface area contributed by atoms with Gasteiger partial charge in [-0.25, -0.2) is 17.5 Å². The van der Waals surface area contributed by atoms with Crippen LogP contribution >= 0.6 is 0 Å². The Labute approximate surface area is 191 Å². The molecule has 0 saturated heterocycles. The molecule has 0 amide bonds. The third-order valence-corrected chi connectivity index (χ3v) is 6.05. The van der Waals surface area contributed by atoms with Gasteiger partial charge in [-0.05, 0) is 56.9 Å². The van der Waals surface area contributed by atoms with Gasteiger partial charge in [-0.3, -0.25) is 4.98 Å². The normalized spacial score (nSPS) is 12.9. The van der Waals surface area contributed by atoms with Crippen LogP contribution in [0.5, 0.6) is 0 Å². The molecule has 0 fully saturated rings. The lowest BCUT2D eigenvalue weighted by atomic mass is 10.0. The Morgan fingerprint density at radius 1 is 1.25 bits per heavy atom. The van der Waals surface area contributed by atoms with Gasteiger partial charge in [0.2, 0.25) is 10.0 Å². The second-order valence-electron chi connectivity index (χ2n) is 7.64. The maximum absolute atomic E-state index is 14.0. The van der Waals surface area contributed by atoms with E-state index < -0.39 is 28.0 Å². The van der Waals surface area contributed by atoms with Crippen LogP contribution < -0.4 is 10.0 Å². The maximum atomic E-state index is 14.0. The third-order valence-electron chi connectivity index (χ3n) is 4.52. The van der Waals surface area contributed by atoms with Crippen molar-refractivity contribution in [3.05, 3.63) is 84.5 Å². The molecule has 0 aliphatic carbocycles. The summed E-state index contributed by atoms with van der Waals surface area (Å²) in [7, 11) is -3.69. The molecule has 32 heavy (non-hydrogen) atoms. The predicted octanol–water partition coefficient (Wildman–Crippen LogP) is 3.53. The first-order chi connectivity index (χ1) is 15.1. The first-order valence-electron chi connectivity index (χ1n) is 10.4. The molecule has 0 aliphatic rings. The number of hydrogen-bond acceptors (Lipinski definition) is 5. The van der Waals surface area contributed by atoms with E-state index in [0.717, 1.165) is 17.3 Å². The molecular weight excluding hydrogens is 429 g/mol. The first kappa shape index (κ1) is 27.6. The van der Waals surface area contributed by atoms with Gasteiger partial charge in [-0.1, -0.05) is 43.0 Å². The molecule has 2 rings (SSSR count). The average molecular weight is 464 g/mol. The standard InChI is InChI=1S/C19H26FN3O3S.C5H8/c1-14-10-21-13-19(20)18(14)9-8-16(12-22-11-15(2)24)23-27(25,26)17-6-4-3-5-7-17;1-4-5(2)3/h3-7,10,13,15-16,22-24H,8-9,11-12H2,1-2H3;4H,1-2H2,3H3/t15?,16-;/m0./s1. The smallest absolute Gasteiger partial charge is 0.240 e. The minimum Gasteiger partial charge on any atom is -0.392 e. The molecule has 2 aromatic rings. The van der Waals surface area contributed by atoms with E-state index in [0.29, 0.717) is 31.5 Å². The Morgan fingerprint density at radius 2 is 1.88 bits per heavy atom. The molecule has 1 unspecified atom stereocenters. The molecule has 8 heteroatoms. The summed E-state index contributed by atoms with van der Waals surface area (Å²) < 4.78 is 41.9. The van der Waals surface area contributed by atoms with Crippen LogP contribution in [-0.4, -0.2) is 43.7 Å². The molecule has 1 heterocycles. The first-order valence-corrected chi connectivity index (χ1v) is 11.9. The monoisotopic (exact) mass is 463 g/mol. The second-order valence-corrected chi connectivity index (χ2v) is 9.36. The number of nitrogens with zero attached hydrogens (tertiary/aromatic N) is 1. The highest BCUT2D eigenvalue weighted by atomic mass is 32.2. The van der Waals surface area contributed by atoms with Crippen LogP contribution in [-0.2, 0) is 16.4 Å². The van der Waals surface area contributed by atoms with E-state index in [1.165, 1.54) is 12.1 Å². The highest BCUT2D eigenvalue weighted by Crippen LogP contribution is 2.15. The Balaban J connectivity index is 0.000000920. The summed E-state index contributed by atoms with van der Waals surface area (Å²) in [5.74, 6) is -0.392. The number of aliphatic hydroxyl groups is 1. The van der Waals surface area contributed by atoms with Crippen molar-refractivity contribution >= 4 is 10.0 Å². The zero-order valence-electron chi connectivity index (χ0n) is 19.0. The number of aromatic nitrogens is 1. The van der Waals surface area contributed by atoms with E-state index in [-0.39, 0.29) is 4.90 Å². The lowest BCUT2D eigenvalue weighted by Crippen LogP contribution is -2.43. The van der Waals surface area contributed by atoms with Crippen molar-refractivity contribution in [2.24, 2.45) is 0 Å². The summed E-state index contributed by atoms with van der Waals surface area (Å²) in [4.78, 5) is 3.99. The third kappa shape index (κ3) is 10.3. The van der Waals surface area contributed by atoms with E-state index in [2.05, 4.69) is 28.2 Å². The number of hydrogen-bond donors (Lipinski definition) is 3. The van der Waals surface area contributed by atoms with Crippen LogP contribution in [0.3, 0.4) is 0 Å². The van der Waals surface area contributed by atoms with Crippen molar-refractivity contribution in [2.75, 3.05) is 13.1 Å². The van der Waals surface area contributed by atoms with Crippen molar-refractivity contribution < 1.29 is 17.9 Å². The molecule has 0 aliphatic heterocycles. The maximum Gasteiger partial charge on any atom is 0.240 e. The van der Waals surface area contributed by atoms with Crippen LogP contribution in [0.2, 0.25) is 0 Å². The van der Waals surface area contributed by atoms with E-state index in [9.17, 15) is 17.9 Å². The van der Waals surface area contributed by atoms with Crippen LogP contribution in [0.15, 0.2) is 72.4 Å². The van der Waals surface area contributed by atoms with Crippen LogP contribution in [0.4, 0.5) is 4.39 Å². The molecule has 0 radical (unpaired) electrons. The Hall–Kier alpha value is -2.39. The van der Waals surface area contributed by atoms with Crippen molar-refractivity contribution in [3.8, 4) is 0 Å². The van der Waals surface area contributed by atoms with Gasteiger partial charge in [0, 0.05) is 25.3 Å². The summed E-state index contributed by atoms with van der Waals surface area (Å²) in [6.45, 7) is 13.0. The fraction of sp³-hybridized carbons (Fsp3) is 0.375. The van der Waals surface area contributed by atoms with Gasteiger partial charge >= 0.3 is 0 Å². The number of aryl methyl sites for hydroxylation is 1. The Bertz CT molecular complexity index is 943. The minimum absolute atomic E-state index is 0.178. The number of allylic oxidation sites excluding steroid dienone is 2. The molecule has 0 bridgehead atoms. The number of halogens is 1. The van der Waals surface area contributed by atoms with Gasteiger partial charge < -0.3 is 10.4 Å². The largest absolute Gasteiger partial charge is 0.392 e. The number of pyridine rings is 1. The SMILES string of the molecule is C=CC(=C)C.Cc1cncc(F)c1CC[C@@H](CNCC(C)O)NS(=O)(=O)c1ccccc1. The number of sulfonamides is 1. The van der Waals surface area contributed by atoms with Crippen LogP contribution in [0, 0.1) is 12.7 Å². The van der Waals surface area contributed by atoms with Gasteiger partial charge in [-0.15, -0.1) is 0 Å². The Morgan fingerprint density at radius 3 is 2.41 bits per heavy atom. The summed E-state index contributed by atoms with van der Waals surface area (Å²) in [5.41, 5.74) is 2.28. The molecule has 176 valence electrons. The van der Waals surface area contributed by atoms with E-state index >= 15 is 0 Å². The molecule has 1 aromatic heterocycles. The van der Waals surface area contributed by atoms with Crippen molar-refractivity contribution in [2.45, 2.75) is 50.7 Å². The predicted molar refractivity (Wildman–Crippen MR) is 127 cm³/mol.